The van der Waals surface area contributed by atoms with Gasteiger partial charge in [0.05, 0.1) is 0 Å². The molecule has 0 saturated carbocycles. The molecule has 1 atom stereocenters. The molecule has 5 nitrogen and oxygen atoms in total. The van der Waals surface area contributed by atoms with E-state index >= 15 is 0 Å². The number of rotatable bonds is 7. The van der Waals surface area contributed by atoms with Crippen LogP contribution in [0.4, 0.5) is 5.82 Å². The van der Waals surface area contributed by atoms with E-state index < -0.39 is 12.0 Å². The van der Waals surface area contributed by atoms with Crippen molar-refractivity contribution in [1.29, 1.82) is 0 Å². The summed E-state index contributed by atoms with van der Waals surface area (Å²) in [6, 6.07) is 1.14. The van der Waals surface area contributed by atoms with E-state index in [0.29, 0.717) is 12.2 Å². The Morgan fingerprint density at radius 3 is 2.94 bits per heavy atom. The molecule has 0 amide bonds. The van der Waals surface area contributed by atoms with Crippen molar-refractivity contribution in [1.82, 2.24) is 9.97 Å². The van der Waals surface area contributed by atoms with Crippen LogP contribution in [-0.4, -0.2) is 38.6 Å². The number of carboxylic acids is 1. The van der Waals surface area contributed by atoms with Crippen molar-refractivity contribution < 1.29 is 9.90 Å². The highest BCUT2D eigenvalue weighted by Crippen LogP contribution is 2.10. The van der Waals surface area contributed by atoms with Crippen LogP contribution in [0.25, 0.3) is 0 Å². The van der Waals surface area contributed by atoms with Gasteiger partial charge in [0.15, 0.2) is 0 Å². The van der Waals surface area contributed by atoms with Crippen LogP contribution < -0.4 is 5.32 Å². The highest BCUT2D eigenvalue weighted by molar-refractivity contribution is 7.99. The van der Waals surface area contributed by atoms with Gasteiger partial charge >= 0.3 is 5.97 Å². The molecule has 1 unspecified atom stereocenters. The molecule has 0 bridgehead atoms. The van der Waals surface area contributed by atoms with Crippen molar-refractivity contribution in [2.45, 2.75) is 26.3 Å². The van der Waals surface area contributed by atoms with Gasteiger partial charge in [-0.3, -0.25) is 0 Å². The normalized spacial score (nSPS) is 12.1. The molecule has 1 heterocycles. The molecule has 1 aromatic rings. The predicted octanol–water partition coefficient (Wildman–Crippen LogP) is 1.79. The number of aryl methyl sites for hydroxylation is 1. The average molecular weight is 255 g/mol. The minimum atomic E-state index is -0.849. The van der Waals surface area contributed by atoms with Crippen molar-refractivity contribution in [2.24, 2.45) is 0 Å². The zero-order valence-corrected chi connectivity index (χ0v) is 10.8. The van der Waals surface area contributed by atoms with Crippen LogP contribution in [-0.2, 0) is 4.79 Å². The summed E-state index contributed by atoms with van der Waals surface area (Å²) in [6.07, 6.45) is 2.01. The van der Waals surface area contributed by atoms with Gasteiger partial charge in [-0.25, -0.2) is 14.8 Å². The number of hydrogen-bond donors (Lipinski definition) is 2. The molecule has 0 aliphatic rings. The van der Waals surface area contributed by atoms with Gasteiger partial charge in [-0.2, -0.15) is 11.8 Å². The number of carbonyl (C=O) groups is 1. The lowest BCUT2D eigenvalue weighted by molar-refractivity contribution is -0.137. The SMILES string of the molecule is CCSCCC(Nc1cc(C)ncn1)C(=O)O. The minimum absolute atomic E-state index is 0.561. The zero-order valence-electron chi connectivity index (χ0n) is 10.0. The topological polar surface area (TPSA) is 75.1 Å². The number of nitrogens with one attached hydrogen (secondary N) is 1. The van der Waals surface area contributed by atoms with Gasteiger partial charge in [-0.05, 0) is 24.9 Å². The van der Waals surface area contributed by atoms with Crippen molar-refractivity contribution in [2.75, 3.05) is 16.8 Å². The van der Waals surface area contributed by atoms with Crippen molar-refractivity contribution in [3.05, 3.63) is 18.1 Å². The summed E-state index contributed by atoms with van der Waals surface area (Å²) < 4.78 is 0. The second kappa shape index (κ2) is 7.11. The number of nitrogens with zero attached hydrogens (tertiary/aromatic N) is 2. The first-order valence-electron chi connectivity index (χ1n) is 5.49. The fraction of sp³-hybridized carbons (Fsp3) is 0.545. The summed E-state index contributed by atoms with van der Waals surface area (Å²) in [7, 11) is 0. The zero-order chi connectivity index (χ0) is 12.7. The lowest BCUT2D eigenvalue weighted by Crippen LogP contribution is -2.30. The molecule has 0 aromatic carbocycles. The van der Waals surface area contributed by atoms with E-state index in [1.807, 2.05) is 6.92 Å². The maximum atomic E-state index is 11.1. The van der Waals surface area contributed by atoms with E-state index in [9.17, 15) is 4.79 Å². The van der Waals surface area contributed by atoms with Crippen LogP contribution in [0.15, 0.2) is 12.4 Å². The highest BCUT2D eigenvalue weighted by atomic mass is 32.2. The number of anilines is 1. The van der Waals surface area contributed by atoms with Crippen LogP contribution >= 0.6 is 11.8 Å². The van der Waals surface area contributed by atoms with Crippen LogP contribution in [0.1, 0.15) is 19.0 Å². The molecular weight excluding hydrogens is 238 g/mol. The van der Waals surface area contributed by atoms with Crippen molar-refractivity contribution >= 4 is 23.5 Å². The first kappa shape index (κ1) is 13.8. The Labute approximate surface area is 105 Å². The molecular formula is C11H17N3O2S. The molecule has 0 aliphatic heterocycles. The molecule has 17 heavy (non-hydrogen) atoms. The van der Waals surface area contributed by atoms with Crippen LogP contribution in [0.5, 0.6) is 0 Å². The van der Waals surface area contributed by atoms with Gasteiger partial charge in [0.2, 0.25) is 0 Å². The monoisotopic (exact) mass is 255 g/mol. The Bertz CT molecular complexity index is 373. The fourth-order valence-corrected chi connectivity index (χ4v) is 2.01. The van der Waals surface area contributed by atoms with E-state index in [0.717, 1.165) is 17.2 Å². The molecule has 0 spiro atoms. The van der Waals surface area contributed by atoms with Gasteiger partial charge < -0.3 is 10.4 Å². The summed E-state index contributed by atoms with van der Waals surface area (Å²) in [4.78, 5) is 19.0. The van der Waals surface area contributed by atoms with Crippen LogP contribution in [0.2, 0.25) is 0 Å². The third-order valence-corrected chi connectivity index (χ3v) is 3.11. The lowest BCUT2D eigenvalue weighted by atomic mass is 10.2. The average Bonchev–Trinajstić information content (AvgIpc) is 2.28. The summed E-state index contributed by atoms with van der Waals surface area (Å²) in [5.74, 6) is 1.54. The predicted molar refractivity (Wildman–Crippen MR) is 69.4 cm³/mol. The number of aromatic nitrogens is 2. The van der Waals surface area contributed by atoms with Gasteiger partial charge in [0.25, 0.3) is 0 Å². The molecule has 1 rings (SSSR count). The van der Waals surface area contributed by atoms with E-state index in [1.54, 1.807) is 17.8 Å². The molecule has 0 fully saturated rings. The highest BCUT2D eigenvalue weighted by Gasteiger charge is 2.17. The molecule has 2 N–H and O–H groups in total. The standard InChI is InChI=1S/C11H17N3O2S/c1-3-17-5-4-9(11(15)16)14-10-6-8(2)12-7-13-10/h6-7,9H,3-5H2,1-2H3,(H,15,16)(H,12,13,14). The van der Waals surface area contributed by atoms with Gasteiger partial charge in [-0.1, -0.05) is 6.92 Å². The fourth-order valence-electron chi connectivity index (χ4n) is 1.31. The smallest absolute Gasteiger partial charge is 0.326 e. The maximum Gasteiger partial charge on any atom is 0.326 e. The third kappa shape index (κ3) is 5.04. The second-order valence-corrected chi connectivity index (χ2v) is 4.96. The largest absolute Gasteiger partial charge is 0.480 e. The number of hydrogen-bond acceptors (Lipinski definition) is 5. The molecule has 0 aliphatic carbocycles. The number of carboxylic acid groups (broad SMARTS) is 1. The summed E-state index contributed by atoms with van der Waals surface area (Å²) in [5.41, 5.74) is 0.814. The Morgan fingerprint density at radius 1 is 1.59 bits per heavy atom. The van der Waals surface area contributed by atoms with Gasteiger partial charge in [-0.15, -0.1) is 0 Å². The van der Waals surface area contributed by atoms with Gasteiger partial charge in [0.1, 0.15) is 18.2 Å². The van der Waals surface area contributed by atoms with E-state index in [2.05, 4.69) is 22.2 Å². The Balaban J connectivity index is 2.57. The molecule has 6 heteroatoms. The molecule has 1 aromatic heterocycles. The quantitative estimate of drug-likeness (QED) is 0.724. The summed E-state index contributed by atoms with van der Waals surface area (Å²) in [6.45, 7) is 3.90. The van der Waals surface area contributed by atoms with Gasteiger partial charge in [0, 0.05) is 11.8 Å². The molecule has 0 saturated heterocycles. The minimum Gasteiger partial charge on any atom is -0.480 e. The van der Waals surface area contributed by atoms with E-state index in [4.69, 9.17) is 5.11 Å². The lowest BCUT2D eigenvalue weighted by Gasteiger charge is -2.14. The Morgan fingerprint density at radius 2 is 2.35 bits per heavy atom. The van der Waals surface area contributed by atoms with Crippen molar-refractivity contribution in [3.63, 3.8) is 0 Å². The third-order valence-electron chi connectivity index (χ3n) is 2.18. The first-order chi connectivity index (χ1) is 8.13. The number of aliphatic carboxylic acids is 1. The first-order valence-corrected chi connectivity index (χ1v) is 6.64. The second-order valence-electron chi connectivity index (χ2n) is 3.57. The molecule has 0 radical (unpaired) electrons. The summed E-state index contributed by atoms with van der Waals surface area (Å²) >= 11 is 1.73. The Kier molecular flexibility index (Phi) is 5.76. The van der Waals surface area contributed by atoms with E-state index in [-0.39, 0.29) is 0 Å². The maximum absolute atomic E-state index is 11.1. The summed E-state index contributed by atoms with van der Waals surface area (Å²) in [5, 5.41) is 12.0. The van der Waals surface area contributed by atoms with Crippen LogP contribution in [0, 0.1) is 6.92 Å². The van der Waals surface area contributed by atoms with Crippen LogP contribution in [0.3, 0.4) is 0 Å². The van der Waals surface area contributed by atoms with Crippen molar-refractivity contribution in [3.8, 4) is 0 Å². The molecule has 94 valence electrons. The number of thioether (sulfide) groups is 1. The Hall–Kier alpha value is -1.30. The van der Waals surface area contributed by atoms with E-state index in [1.165, 1.54) is 6.33 Å².